The monoisotopic (exact) mass is 419 g/mol. The van der Waals surface area contributed by atoms with E-state index in [-0.39, 0.29) is 11.8 Å². The van der Waals surface area contributed by atoms with E-state index < -0.39 is 23.5 Å². The number of hydrogen-bond acceptors (Lipinski definition) is 5. The summed E-state index contributed by atoms with van der Waals surface area (Å²) in [7, 11) is 0. The van der Waals surface area contributed by atoms with Gasteiger partial charge in [0.2, 0.25) is 11.8 Å². The van der Waals surface area contributed by atoms with Gasteiger partial charge < -0.3 is 14.6 Å². The van der Waals surface area contributed by atoms with Crippen molar-refractivity contribution in [3.63, 3.8) is 0 Å². The Balaban J connectivity index is 1.43. The molecule has 0 unspecified atom stereocenters. The second kappa shape index (κ2) is 6.07. The predicted octanol–water partition coefficient (Wildman–Crippen LogP) is 3.21. The molecular formula is C19H15Cl2N3O4. The van der Waals surface area contributed by atoms with Gasteiger partial charge in [-0.1, -0.05) is 40.5 Å². The quantitative estimate of drug-likeness (QED) is 0.771. The Kier molecular flexibility index (Phi) is 3.84. The Morgan fingerprint density at radius 3 is 2.86 bits per heavy atom. The second-order valence-electron chi connectivity index (χ2n) is 7.24. The Labute approximate surface area is 170 Å². The first-order chi connectivity index (χ1) is 13.4. The van der Waals surface area contributed by atoms with Crippen LogP contribution in [0.2, 0.25) is 10.0 Å². The number of carbonyl (C=O) groups excluding carboxylic acids is 2. The van der Waals surface area contributed by atoms with Crippen LogP contribution in [0.25, 0.3) is 0 Å². The number of rotatable bonds is 3. The highest BCUT2D eigenvalue weighted by atomic mass is 35.5. The molecule has 2 amide bonds. The number of carbonyl (C=O) groups is 2. The van der Waals surface area contributed by atoms with Crippen LogP contribution in [-0.2, 0) is 14.3 Å². The highest BCUT2D eigenvalue weighted by Gasteiger charge is 2.67. The topological polar surface area (TPSA) is 84.7 Å². The van der Waals surface area contributed by atoms with Crippen LogP contribution in [0.5, 0.6) is 0 Å². The van der Waals surface area contributed by atoms with Crippen molar-refractivity contribution in [1.82, 2.24) is 5.16 Å². The number of fused-ring (bicyclic) bond motifs is 1. The molecule has 1 aromatic heterocycles. The number of nitrogens with one attached hydrogen (secondary N) is 1. The first-order valence-electron chi connectivity index (χ1n) is 8.76. The van der Waals surface area contributed by atoms with Crippen molar-refractivity contribution in [2.45, 2.75) is 18.6 Å². The van der Waals surface area contributed by atoms with Gasteiger partial charge in [0.15, 0.2) is 5.82 Å². The minimum Gasteiger partial charge on any atom is -0.360 e. The molecule has 0 saturated carbocycles. The van der Waals surface area contributed by atoms with E-state index in [1.54, 1.807) is 31.2 Å². The fraction of sp³-hybridized carbons (Fsp3) is 0.316. The van der Waals surface area contributed by atoms with Crippen molar-refractivity contribution in [3.05, 3.63) is 52.2 Å². The van der Waals surface area contributed by atoms with E-state index in [2.05, 4.69) is 10.5 Å². The lowest BCUT2D eigenvalue weighted by Gasteiger charge is -2.23. The van der Waals surface area contributed by atoms with Crippen molar-refractivity contribution in [2.75, 3.05) is 16.8 Å². The zero-order chi connectivity index (χ0) is 19.6. The zero-order valence-corrected chi connectivity index (χ0v) is 16.2. The van der Waals surface area contributed by atoms with E-state index in [1.807, 2.05) is 12.2 Å². The van der Waals surface area contributed by atoms with Gasteiger partial charge in [0.05, 0.1) is 34.5 Å². The molecule has 3 aliphatic heterocycles. The fourth-order valence-electron chi connectivity index (χ4n) is 4.27. The summed E-state index contributed by atoms with van der Waals surface area (Å²) in [6.45, 7) is 2.05. The maximum atomic E-state index is 13.2. The molecule has 1 aromatic carbocycles. The summed E-state index contributed by atoms with van der Waals surface area (Å²) in [5, 5.41) is 7.49. The summed E-state index contributed by atoms with van der Waals surface area (Å²) in [6, 6.07) is 6.53. The lowest BCUT2D eigenvalue weighted by Crippen LogP contribution is -2.41. The molecule has 0 aliphatic carbocycles. The molecule has 144 valence electrons. The van der Waals surface area contributed by atoms with E-state index >= 15 is 0 Å². The van der Waals surface area contributed by atoms with Crippen LogP contribution in [0.15, 0.2) is 40.9 Å². The molecule has 4 atom stereocenters. The van der Waals surface area contributed by atoms with Gasteiger partial charge in [-0.3, -0.25) is 14.5 Å². The number of aryl methyl sites for hydroxylation is 1. The Morgan fingerprint density at radius 2 is 2.14 bits per heavy atom. The fourth-order valence-corrected chi connectivity index (χ4v) is 4.57. The molecule has 28 heavy (non-hydrogen) atoms. The van der Waals surface area contributed by atoms with Crippen molar-refractivity contribution >= 4 is 46.5 Å². The van der Waals surface area contributed by atoms with Crippen LogP contribution in [0, 0.1) is 18.8 Å². The largest absolute Gasteiger partial charge is 0.360 e. The second-order valence-corrected chi connectivity index (χ2v) is 8.05. The maximum Gasteiger partial charge on any atom is 0.235 e. The third kappa shape index (κ3) is 2.50. The third-order valence-corrected chi connectivity index (χ3v) is 6.22. The predicted molar refractivity (Wildman–Crippen MR) is 102 cm³/mol. The van der Waals surface area contributed by atoms with Gasteiger partial charge in [-0.15, -0.1) is 0 Å². The number of benzene rings is 1. The Morgan fingerprint density at radius 1 is 1.32 bits per heavy atom. The van der Waals surface area contributed by atoms with Crippen molar-refractivity contribution in [2.24, 2.45) is 11.8 Å². The molecule has 9 heteroatoms. The highest BCUT2D eigenvalue weighted by Crippen LogP contribution is 2.52. The Bertz CT molecular complexity index is 1040. The van der Waals surface area contributed by atoms with E-state index in [0.29, 0.717) is 33.9 Å². The lowest BCUT2D eigenvalue weighted by atomic mass is 9.77. The summed E-state index contributed by atoms with van der Waals surface area (Å²) in [6.07, 6.45) is 3.29. The number of aromatic nitrogens is 1. The average molecular weight is 420 g/mol. The number of ether oxygens (including phenoxy) is 1. The molecule has 4 heterocycles. The first-order valence-corrected chi connectivity index (χ1v) is 9.51. The molecule has 2 fully saturated rings. The van der Waals surface area contributed by atoms with Crippen LogP contribution in [-0.4, -0.2) is 35.2 Å². The van der Waals surface area contributed by atoms with Crippen LogP contribution >= 0.6 is 23.2 Å². The maximum absolute atomic E-state index is 13.2. The van der Waals surface area contributed by atoms with Gasteiger partial charge >= 0.3 is 0 Å². The molecule has 1 N–H and O–H groups in total. The van der Waals surface area contributed by atoms with E-state index in [0.717, 1.165) is 0 Å². The van der Waals surface area contributed by atoms with E-state index in [4.69, 9.17) is 32.5 Å². The molecule has 5 rings (SSSR count). The molecular weight excluding hydrogens is 405 g/mol. The molecule has 2 saturated heterocycles. The zero-order valence-electron chi connectivity index (χ0n) is 14.7. The number of amides is 2. The SMILES string of the molecule is Cc1cc(N2C[C@]34C=C[C@@H](O3)[C@H](C(=O)Nc3ccc(Cl)c(Cl)c3)[C@H]4C2=O)no1. The summed E-state index contributed by atoms with van der Waals surface area (Å²) < 4.78 is 11.2. The van der Waals surface area contributed by atoms with Gasteiger partial charge in [-0.05, 0) is 25.1 Å². The van der Waals surface area contributed by atoms with Gasteiger partial charge in [0, 0.05) is 11.8 Å². The van der Waals surface area contributed by atoms with Crippen molar-refractivity contribution in [3.8, 4) is 0 Å². The smallest absolute Gasteiger partial charge is 0.235 e. The lowest BCUT2D eigenvalue weighted by molar-refractivity contribution is -0.128. The number of hydrogen-bond donors (Lipinski definition) is 1. The van der Waals surface area contributed by atoms with E-state index in [9.17, 15) is 9.59 Å². The Hall–Kier alpha value is -2.35. The molecule has 3 aliphatic rings. The minimum absolute atomic E-state index is 0.200. The van der Waals surface area contributed by atoms with Crippen molar-refractivity contribution < 1.29 is 18.8 Å². The van der Waals surface area contributed by atoms with Gasteiger partial charge in [0.1, 0.15) is 11.4 Å². The third-order valence-electron chi connectivity index (χ3n) is 5.48. The number of nitrogens with zero attached hydrogens (tertiary/aromatic N) is 2. The summed E-state index contributed by atoms with van der Waals surface area (Å²) in [4.78, 5) is 27.7. The van der Waals surface area contributed by atoms with E-state index in [1.165, 1.54) is 4.90 Å². The summed E-state index contributed by atoms with van der Waals surface area (Å²) in [5.41, 5.74) is -0.316. The molecule has 0 radical (unpaired) electrons. The molecule has 7 nitrogen and oxygen atoms in total. The van der Waals surface area contributed by atoms with Crippen LogP contribution in [0.1, 0.15) is 5.76 Å². The van der Waals surface area contributed by atoms with Gasteiger partial charge in [-0.2, -0.15) is 0 Å². The van der Waals surface area contributed by atoms with Crippen LogP contribution in [0.3, 0.4) is 0 Å². The summed E-state index contributed by atoms with van der Waals surface area (Å²) >= 11 is 11.9. The normalized spacial score (nSPS) is 30.2. The van der Waals surface area contributed by atoms with Crippen molar-refractivity contribution in [1.29, 1.82) is 0 Å². The highest BCUT2D eigenvalue weighted by molar-refractivity contribution is 6.42. The average Bonchev–Trinajstić information content (AvgIpc) is 3.39. The number of anilines is 2. The first kappa shape index (κ1) is 17.7. The molecule has 2 aromatic rings. The van der Waals surface area contributed by atoms with Gasteiger partial charge in [-0.25, -0.2) is 0 Å². The summed E-state index contributed by atoms with van der Waals surface area (Å²) in [5.74, 6) is -0.741. The van der Waals surface area contributed by atoms with Crippen LogP contribution in [0.4, 0.5) is 11.5 Å². The van der Waals surface area contributed by atoms with Crippen LogP contribution < -0.4 is 10.2 Å². The molecule has 2 bridgehead atoms. The standard InChI is InChI=1S/C19H15Cl2N3O4/c1-9-6-14(23-28-9)24-8-19-5-4-13(27-19)15(16(19)18(24)26)17(25)22-10-2-3-11(20)12(21)7-10/h2-7,13,15-16H,8H2,1H3,(H,22,25)/t13-,15+,16+,19+/m1/s1. The number of halogens is 2. The minimum atomic E-state index is -0.825. The molecule has 1 spiro atoms. The van der Waals surface area contributed by atoms with Gasteiger partial charge in [0.25, 0.3) is 0 Å².